The molecule has 0 aromatic heterocycles. The van der Waals surface area contributed by atoms with E-state index in [4.69, 9.17) is 15.3 Å². The van der Waals surface area contributed by atoms with Crippen molar-refractivity contribution in [3.8, 4) is 12.1 Å². The first kappa shape index (κ1) is 8.04. The average Bonchev–Trinajstić information content (AvgIpc) is 2.28. The van der Waals surface area contributed by atoms with Crippen LogP contribution in [0.2, 0.25) is 0 Å². The highest BCUT2D eigenvalue weighted by atomic mass is 16.5. The summed E-state index contributed by atoms with van der Waals surface area (Å²) in [6.45, 7) is 0.989. The second-order valence-electron chi connectivity index (χ2n) is 2.77. The summed E-state index contributed by atoms with van der Waals surface area (Å²) in [6, 6.07) is 4.31. The van der Waals surface area contributed by atoms with Gasteiger partial charge in [-0.2, -0.15) is 10.5 Å². The maximum Gasteiger partial charge on any atom is 0.0697 e. The fourth-order valence-corrected chi connectivity index (χ4v) is 1.13. The Morgan fingerprint density at radius 1 is 1.00 bits per heavy atom. The van der Waals surface area contributed by atoms with Gasteiger partial charge >= 0.3 is 0 Å². The summed E-state index contributed by atoms with van der Waals surface area (Å²) in [5, 5.41) is 17.1. The van der Waals surface area contributed by atoms with E-state index in [1.807, 2.05) is 0 Å². The van der Waals surface area contributed by atoms with Crippen LogP contribution < -0.4 is 0 Å². The second kappa shape index (κ2) is 3.95. The summed E-state index contributed by atoms with van der Waals surface area (Å²) < 4.78 is 5.16. The van der Waals surface area contributed by atoms with Gasteiger partial charge in [-0.15, -0.1) is 0 Å². The number of nitrogens with zero attached hydrogens (tertiary/aromatic N) is 2. The van der Waals surface area contributed by atoms with E-state index in [2.05, 4.69) is 12.1 Å². The molecule has 1 aliphatic rings. The molecule has 0 aliphatic carbocycles. The molecule has 1 aliphatic heterocycles. The zero-order chi connectivity index (χ0) is 8.10. The van der Waals surface area contributed by atoms with Gasteiger partial charge in [0, 0.05) is 0 Å². The van der Waals surface area contributed by atoms with Crippen LogP contribution in [0.3, 0.4) is 0 Å². The van der Waals surface area contributed by atoms with Crippen molar-refractivity contribution < 1.29 is 4.74 Å². The van der Waals surface area contributed by atoms with Crippen molar-refractivity contribution >= 4 is 0 Å². The minimum atomic E-state index is -0.00616. The fraction of sp³-hybridized carbons (Fsp3) is 0.750. The summed E-state index contributed by atoms with van der Waals surface area (Å²) in [7, 11) is 0. The van der Waals surface area contributed by atoms with E-state index in [-0.39, 0.29) is 11.8 Å². The molecule has 1 rings (SSSR count). The zero-order valence-electron chi connectivity index (χ0n) is 6.29. The first-order valence-electron chi connectivity index (χ1n) is 3.73. The lowest BCUT2D eigenvalue weighted by atomic mass is 10.0. The van der Waals surface area contributed by atoms with Gasteiger partial charge in [-0.1, -0.05) is 0 Å². The predicted molar refractivity (Wildman–Crippen MR) is 38.3 cm³/mol. The van der Waals surface area contributed by atoms with Gasteiger partial charge in [0.2, 0.25) is 0 Å². The van der Waals surface area contributed by atoms with Crippen LogP contribution in [0.1, 0.15) is 12.8 Å². The molecule has 0 saturated carbocycles. The SMILES string of the molecule is N#CC1CCC(C#N)COC1. The molecule has 0 N–H and O–H groups in total. The quantitative estimate of drug-likeness (QED) is 0.519. The average molecular weight is 150 g/mol. The summed E-state index contributed by atoms with van der Waals surface area (Å²) in [5.74, 6) is -0.0123. The molecule has 3 heteroatoms. The van der Waals surface area contributed by atoms with Crippen molar-refractivity contribution in [3.05, 3.63) is 0 Å². The molecule has 3 nitrogen and oxygen atoms in total. The lowest BCUT2D eigenvalue weighted by Gasteiger charge is -2.00. The van der Waals surface area contributed by atoms with Gasteiger partial charge in [-0.3, -0.25) is 0 Å². The number of hydrogen-bond donors (Lipinski definition) is 0. The van der Waals surface area contributed by atoms with Crippen molar-refractivity contribution in [1.29, 1.82) is 10.5 Å². The molecule has 0 radical (unpaired) electrons. The second-order valence-corrected chi connectivity index (χ2v) is 2.77. The molecule has 0 aromatic carbocycles. The lowest BCUT2D eigenvalue weighted by Crippen LogP contribution is -2.05. The molecule has 0 amide bonds. The molecular weight excluding hydrogens is 140 g/mol. The Hall–Kier alpha value is -1.06. The van der Waals surface area contributed by atoms with E-state index >= 15 is 0 Å². The molecule has 2 unspecified atom stereocenters. The summed E-state index contributed by atoms with van der Waals surface area (Å²) in [6.07, 6.45) is 1.60. The minimum absolute atomic E-state index is 0.00616. The van der Waals surface area contributed by atoms with Gasteiger partial charge in [0.15, 0.2) is 0 Å². The van der Waals surface area contributed by atoms with Crippen LogP contribution in [-0.2, 0) is 4.74 Å². The van der Waals surface area contributed by atoms with Crippen LogP contribution in [0.5, 0.6) is 0 Å². The lowest BCUT2D eigenvalue weighted by molar-refractivity contribution is 0.116. The highest BCUT2D eigenvalue weighted by molar-refractivity contribution is 4.90. The van der Waals surface area contributed by atoms with Crippen LogP contribution in [0.25, 0.3) is 0 Å². The molecule has 1 fully saturated rings. The highest BCUT2D eigenvalue weighted by Crippen LogP contribution is 2.17. The van der Waals surface area contributed by atoms with E-state index in [0.717, 1.165) is 12.8 Å². The highest BCUT2D eigenvalue weighted by Gasteiger charge is 2.17. The Morgan fingerprint density at radius 3 is 1.82 bits per heavy atom. The standard InChI is InChI=1S/C8H10N2O/c9-3-7-1-2-8(4-10)6-11-5-7/h7-8H,1-2,5-6H2. The molecule has 58 valence electrons. The smallest absolute Gasteiger partial charge is 0.0697 e. The fourth-order valence-electron chi connectivity index (χ4n) is 1.13. The summed E-state index contributed by atoms with van der Waals surface area (Å²) in [5.41, 5.74) is 0. The van der Waals surface area contributed by atoms with Crippen LogP contribution in [0.4, 0.5) is 0 Å². The van der Waals surface area contributed by atoms with E-state index in [9.17, 15) is 0 Å². The van der Waals surface area contributed by atoms with E-state index in [1.54, 1.807) is 0 Å². The largest absolute Gasteiger partial charge is 0.379 e. The third kappa shape index (κ3) is 2.22. The molecule has 0 aromatic rings. The van der Waals surface area contributed by atoms with Crippen molar-refractivity contribution in [2.45, 2.75) is 12.8 Å². The first-order valence-corrected chi connectivity index (χ1v) is 3.73. The molecule has 1 saturated heterocycles. The molecule has 11 heavy (non-hydrogen) atoms. The molecule has 0 spiro atoms. The van der Waals surface area contributed by atoms with E-state index in [1.165, 1.54) is 0 Å². The molecule has 0 bridgehead atoms. The number of rotatable bonds is 0. The van der Waals surface area contributed by atoms with Gasteiger partial charge in [0.25, 0.3) is 0 Å². The van der Waals surface area contributed by atoms with Crippen molar-refractivity contribution in [1.82, 2.24) is 0 Å². The Balaban J connectivity index is 2.42. The summed E-state index contributed by atoms with van der Waals surface area (Å²) >= 11 is 0. The maximum atomic E-state index is 8.56. The van der Waals surface area contributed by atoms with Crippen LogP contribution in [-0.4, -0.2) is 13.2 Å². The van der Waals surface area contributed by atoms with Gasteiger partial charge in [0.1, 0.15) is 0 Å². The van der Waals surface area contributed by atoms with Gasteiger partial charge in [0.05, 0.1) is 37.2 Å². The van der Waals surface area contributed by atoms with Gasteiger partial charge in [-0.05, 0) is 12.8 Å². The zero-order valence-corrected chi connectivity index (χ0v) is 6.29. The molecule has 1 heterocycles. The van der Waals surface area contributed by atoms with Crippen LogP contribution >= 0.6 is 0 Å². The predicted octanol–water partition coefficient (Wildman–Crippen LogP) is 1.08. The molecule has 2 atom stereocenters. The Bertz CT molecular complexity index is 179. The maximum absolute atomic E-state index is 8.56. The van der Waals surface area contributed by atoms with Crippen molar-refractivity contribution in [3.63, 3.8) is 0 Å². The van der Waals surface area contributed by atoms with Crippen molar-refractivity contribution in [2.75, 3.05) is 13.2 Å². The number of hydrogen-bond acceptors (Lipinski definition) is 3. The van der Waals surface area contributed by atoms with E-state index < -0.39 is 0 Å². The van der Waals surface area contributed by atoms with E-state index in [0.29, 0.717) is 13.2 Å². The van der Waals surface area contributed by atoms with Gasteiger partial charge in [-0.25, -0.2) is 0 Å². The third-order valence-electron chi connectivity index (χ3n) is 1.87. The summed E-state index contributed by atoms with van der Waals surface area (Å²) in [4.78, 5) is 0. The Kier molecular flexibility index (Phi) is 2.89. The monoisotopic (exact) mass is 150 g/mol. The van der Waals surface area contributed by atoms with Crippen LogP contribution in [0, 0.1) is 34.5 Å². The minimum Gasteiger partial charge on any atom is -0.379 e. The third-order valence-corrected chi connectivity index (χ3v) is 1.87. The molecular formula is C8H10N2O. The Labute approximate surface area is 66.2 Å². The normalized spacial score (nSPS) is 31.5. The van der Waals surface area contributed by atoms with Gasteiger partial charge < -0.3 is 4.74 Å². The van der Waals surface area contributed by atoms with Crippen LogP contribution in [0.15, 0.2) is 0 Å². The number of ether oxygens (including phenoxy) is 1. The number of nitriles is 2. The Morgan fingerprint density at radius 2 is 1.45 bits per heavy atom. The van der Waals surface area contributed by atoms with Crippen molar-refractivity contribution in [2.24, 2.45) is 11.8 Å². The topological polar surface area (TPSA) is 56.8 Å². The first-order chi connectivity index (χ1) is 5.36.